The van der Waals surface area contributed by atoms with E-state index in [2.05, 4.69) is 29.2 Å². The number of nitrogens with two attached hydrogens (primary N) is 1. The van der Waals surface area contributed by atoms with Crippen LogP contribution in [0.3, 0.4) is 0 Å². The van der Waals surface area contributed by atoms with Crippen LogP contribution in [0, 0.1) is 0 Å². The summed E-state index contributed by atoms with van der Waals surface area (Å²) in [4.78, 5) is 15.7. The van der Waals surface area contributed by atoms with Crippen molar-refractivity contribution in [3.63, 3.8) is 0 Å². The van der Waals surface area contributed by atoms with Crippen LogP contribution >= 0.6 is 0 Å². The standard InChI is InChI=1S/C11H24N4O/c1-13-10(11(12)16)8-15-6-4-5-9(7-15)14(2)3/h9-10,13H,4-8H2,1-3H3,(H2,12,16). The Balaban J connectivity index is 2.44. The molecule has 0 aromatic carbocycles. The number of nitrogens with zero attached hydrogens (tertiary/aromatic N) is 2. The third kappa shape index (κ3) is 3.73. The maximum absolute atomic E-state index is 11.1. The van der Waals surface area contributed by atoms with Crippen molar-refractivity contribution in [2.24, 2.45) is 5.73 Å². The number of amides is 1. The van der Waals surface area contributed by atoms with Gasteiger partial charge in [-0.1, -0.05) is 0 Å². The zero-order chi connectivity index (χ0) is 12.1. The van der Waals surface area contributed by atoms with E-state index in [0.717, 1.165) is 19.6 Å². The van der Waals surface area contributed by atoms with E-state index >= 15 is 0 Å². The normalized spacial score (nSPS) is 24.6. The molecule has 1 aliphatic heterocycles. The Morgan fingerprint density at radius 3 is 2.81 bits per heavy atom. The fraction of sp³-hybridized carbons (Fsp3) is 0.909. The van der Waals surface area contributed by atoms with Crippen molar-refractivity contribution in [3.05, 3.63) is 0 Å². The lowest BCUT2D eigenvalue weighted by Crippen LogP contribution is -2.52. The van der Waals surface area contributed by atoms with E-state index in [9.17, 15) is 4.79 Å². The second-order valence-corrected chi connectivity index (χ2v) is 4.76. The first-order chi connectivity index (χ1) is 7.54. The molecule has 5 nitrogen and oxygen atoms in total. The molecule has 0 spiro atoms. The van der Waals surface area contributed by atoms with Crippen LogP contribution in [0.2, 0.25) is 0 Å². The van der Waals surface area contributed by atoms with E-state index in [4.69, 9.17) is 5.73 Å². The first-order valence-electron chi connectivity index (χ1n) is 5.90. The second-order valence-electron chi connectivity index (χ2n) is 4.76. The number of rotatable bonds is 5. The van der Waals surface area contributed by atoms with E-state index in [1.165, 1.54) is 12.8 Å². The molecule has 94 valence electrons. The third-order valence-corrected chi connectivity index (χ3v) is 3.34. The van der Waals surface area contributed by atoms with Crippen molar-refractivity contribution in [2.45, 2.75) is 24.9 Å². The molecule has 1 heterocycles. The van der Waals surface area contributed by atoms with E-state index in [0.29, 0.717) is 6.04 Å². The minimum Gasteiger partial charge on any atom is -0.368 e. The largest absolute Gasteiger partial charge is 0.368 e. The highest BCUT2D eigenvalue weighted by Gasteiger charge is 2.24. The highest BCUT2D eigenvalue weighted by molar-refractivity contribution is 5.80. The molecule has 1 fully saturated rings. The number of likely N-dealkylation sites (tertiary alicyclic amines) is 1. The molecular formula is C11H24N4O. The smallest absolute Gasteiger partial charge is 0.235 e. The number of primary amides is 1. The maximum atomic E-state index is 11.1. The molecule has 2 atom stereocenters. The van der Waals surface area contributed by atoms with Gasteiger partial charge in [-0.25, -0.2) is 0 Å². The van der Waals surface area contributed by atoms with Crippen LogP contribution in [0.1, 0.15) is 12.8 Å². The number of nitrogens with one attached hydrogen (secondary N) is 1. The number of piperidine rings is 1. The first kappa shape index (κ1) is 13.4. The van der Waals surface area contributed by atoms with E-state index in [1.807, 2.05) is 0 Å². The van der Waals surface area contributed by atoms with Crippen LogP contribution in [-0.2, 0) is 4.79 Å². The highest BCUT2D eigenvalue weighted by atomic mass is 16.1. The summed E-state index contributed by atoms with van der Waals surface area (Å²) >= 11 is 0. The van der Waals surface area contributed by atoms with Crippen LogP contribution < -0.4 is 11.1 Å². The van der Waals surface area contributed by atoms with E-state index < -0.39 is 0 Å². The Bertz CT molecular complexity index is 232. The lowest BCUT2D eigenvalue weighted by atomic mass is 10.0. The lowest BCUT2D eigenvalue weighted by Gasteiger charge is -2.37. The Labute approximate surface area is 98.0 Å². The molecule has 1 aliphatic rings. The van der Waals surface area contributed by atoms with Gasteiger partial charge in [-0.15, -0.1) is 0 Å². The summed E-state index contributed by atoms with van der Waals surface area (Å²) in [5.41, 5.74) is 5.32. The van der Waals surface area contributed by atoms with Gasteiger partial charge in [-0.2, -0.15) is 0 Å². The Kier molecular flexibility index (Phi) is 5.18. The minimum atomic E-state index is -0.269. The Morgan fingerprint density at radius 1 is 1.62 bits per heavy atom. The van der Waals surface area contributed by atoms with Crippen molar-refractivity contribution in [1.82, 2.24) is 15.1 Å². The van der Waals surface area contributed by atoms with Gasteiger partial charge in [-0.05, 0) is 40.5 Å². The number of hydrogen-bond donors (Lipinski definition) is 2. The molecule has 1 amide bonds. The van der Waals surface area contributed by atoms with Crippen molar-refractivity contribution in [3.8, 4) is 0 Å². The van der Waals surface area contributed by atoms with Gasteiger partial charge in [-0.3, -0.25) is 9.69 Å². The molecule has 0 aliphatic carbocycles. The second kappa shape index (κ2) is 6.18. The van der Waals surface area contributed by atoms with Crippen LogP contribution in [0.25, 0.3) is 0 Å². The Hall–Kier alpha value is -0.650. The van der Waals surface area contributed by atoms with Crippen LogP contribution in [-0.4, -0.2) is 68.6 Å². The molecule has 1 saturated heterocycles. The number of carbonyl (C=O) groups excluding carboxylic acids is 1. The molecule has 5 heteroatoms. The minimum absolute atomic E-state index is 0.235. The third-order valence-electron chi connectivity index (χ3n) is 3.34. The van der Waals surface area contributed by atoms with Gasteiger partial charge >= 0.3 is 0 Å². The topological polar surface area (TPSA) is 61.6 Å². The summed E-state index contributed by atoms with van der Waals surface area (Å²) in [6, 6.07) is 0.361. The molecule has 0 radical (unpaired) electrons. The lowest BCUT2D eigenvalue weighted by molar-refractivity contribution is -0.120. The van der Waals surface area contributed by atoms with Gasteiger partial charge in [0.1, 0.15) is 0 Å². The molecule has 2 unspecified atom stereocenters. The predicted molar refractivity (Wildman–Crippen MR) is 65.2 cm³/mol. The van der Waals surface area contributed by atoms with Crippen LogP contribution in [0.5, 0.6) is 0 Å². The monoisotopic (exact) mass is 228 g/mol. The fourth-order valence-corrected chi connectivity index (χ4v) is 2.20. The van der Waals surface area contributed by atoms with Crippen LogP contribution in [0.4, 0.5) is 0 Å². The van der Waals surface area contributed by atoms with E-state index in [1.54, 1.807) is 7.05 Å². The van der Waals surface area contributed by atoms with Gasteiger partial charge in [0, 0.05) is 19.1 Å². The van der Waals surface area contributed by atoms with Gasteiger partial charge < -0.3 is 16.0 Å². The summed E-state index contributed by atoms with van der Waals surface area (Å²) in [6.07, 6.45) is 2.43. The molecule has 0 bridgehead atoms. The summed E-state index contributed by atoms with van der Waals surface area (Å²) in [6.45, 7) is 2.81. The summed E-state index contributed by atoms with van der Waals surface area (Å²) in [7, 11) is 6.00. The molecule has 0 aromatic rings. The van der Waals surface area contributed by atoms with Crippen molar-refractivity contribution in [1.29, 1.82) is 0 Å². The van der Waals surface area contributed by atoms with Crippen molar-refractivity contribution in [2.75, 3.05) is 40.8 Å². The molecule has 16 heavy (non-hydrogen) atoms. The number of carbonyl (C=O) groups is 1. The molecule has 0 saturated carbocycles. The average molecular weight is 228 g/mol. The molecular weight excluding hydrogens is 204 g/mol. The van der Waals surface area contributed by atoms with Crippen LogP contribution in [0.15, 0.2) is 0 Å². The highest BCUT2D eigenvalue weighted by Crippen LogP contribution is 2.13. The SMILES string of the molecule is CNC(CN1CCCC(N(C)C)C1)C(N)=O. The van der Waals surface area contributed by atoms with Crippen molar-refractivity contribution >= 4 is 5.91 Å². The van der Waals surface area contributed by atoms with Gasteiger partial charge in [0.05, 0.1) is 6.04 Å². The Morgan fingerprint density at radius 2 is 2.31 bits per heavy atom. The zero-order valence-corrected chi connectivity index (χ0v) is 10.6. The van der Waals surface area contributed by atoms with Gasteiger partial charge in [0.25, 0.3) is 0 Å². The van der Waals surface area contributed by atoms with E-state index in [-0.39, 0.29) is 11.9 Å². The summed E-state index contributed by atoms with van der Waals surface area (Å²) < 4.78 is 0. The first-order valence-corrected chi connectivity index (χ1v) is 5.90. The zero-order valence-electron chi connectivity index (χ0n) is 10.6. The molecule has 0 aromatic heterocycles. The summed E-state index contributed by atoms with van der Waals surface area (Å²) in [5, 5.41) is 2.96. The van der Waals surface area contributed by atoms with Gasteiger partial charge in [0.15, 0.2) is 0 Å². The fourth-order valence-electron chi connectivity index (χ4n) is 2.20. The molecule has 1 rings (SSSR count). The van der Waals surface area contributed by atoms with Gasteiger partial charge in [0.2, 0.25) is 5.91 Å². The number of likely N-dealkylation sites (N-methyl/N-ethyl adjacent to an activating group) is 2. The predicted octanol–water partition coefficient (Wildman–Crippen LogP) is -0.914. The average Bonchev–Trinajstić information content (AvgIpc) is 2.25. The number of hydrogen-bond acceptors (Lipinski definition) is 4. The quantitative estimate of drug-likeness (QED) is 0.639. The molecule has 3 N–H and O–H groups in total. The van der Waals surface area contributed by atoms with Crippen molar-refractivity contribution < 1.29 is 4.79 Å². The summed E-state index contributed by atoms with van der Waals surface area (Å²) in [5.74, 6) is -0.269. The maximum Gasteiger partial charge on any atom is 0.235 e.